The third-order valence-corrected chi connectivity index (χ3v) is 6.23. The first-order valence-electron chi connectivity index (χ1n) is 10.7. The number of carbonyl (C=O) groups excluding carboxylic acids is 1. The topological polar surface area (TPSA) is 76.5 Å². The van der Waals surface area contributed by atoms with E-state index in [9.17, 15) is 15.0 Å². The smallest absolute Gasteiger partial charge is 0.222 e. The van der Waals surface area contributed by atoms with E-state index in [1.165, 1.54) is 0 Å². The number of aliphatic hydroxyl groups is 2. The number of likely N-dealkylation sites (tertiary alicyclic amines) is 1. The van der Waals surface area contributed by atoms with Crippen LogP contribution in [-0.2, 0) is 16.0 Å². The zero-order valence-electron chi connectivity index (χ0n) is 17.5. The van der Waals surface area contributed by atoms with E-state index in [4.69, 9.17) is 4.74 Å². The highest BCUT2D eigenvalue weighted by Crippen LogP contribution is 2.25. The maximum atomic E-state index is 12.5. The predicted octanol–water partition coefficient (Wildman–Crippen LogP) is 0.208. The van der Waals surface area contributed by atoms with E-state index in [-0.39, 0.29) is 12.5 Å². The average molecular weight is 406 g/mol. The Morgan fingerprint density at radius 3 is 2.48 bits per heavy atom. The molecule has 1 aromatic carbocycles. The largest absolute Gasteiger partial charge is 0.388 e. The first-order chi connectivity index (χ1) is 14.0. The molecule has 7 nitrogen and oxygen atoms in total. The Balaban J connectivity index is 1.43. The number of piperazine rings is 1. The maximum absolute atomic E-state index is 12.5. The first-order valence-corrected chi connectivity index (χ1v) is 10.7. The summed E-state index contributed by atoms with van der Waals surface area (Å²) in [6.45, 7) is 6.45. The monoisotopic (exact) mass is 405 g/mol. The Bertz CT molecular complexity index is 636. The molecule has 0 radical (unpaired) electrons. The van der Waals surface area contributed by atoms with Gasteiger partial charge in [0.25, 0.3) is 0 Å². The molecule has 1 amide bonds. The van der Waals surface area contributed by atoms with Gasteiger partial charge in [-0.3, -0.25) is 14.6 Å². The molecule has 2 fully saturated rings. The number of aliphatic hydroxyl groups excluding tert-OH is 1. The van der Waals surface area contributed by atoms with E-state index >= 15 is 0 Å². The van der Waals surface area contributed by atoms with Gasteiger partial charge in [-0.05, 0) is 18.4 Å². The summed E-state index contributed by atoms with van der Waals surface area (Å²) in [5, 5.41) is 21.7. The molecule has 2 N–H and O–H groups in total. The number of piperidine rings is 1. The van der Waals surface area contributed by atoms with Gasteiger partial charge in [0.15, 0.2) is 0 Å². The number of methoxy groups -OCH3 is 1. The Kier molecular flexibility index (Phi) is 8.03. The molecule has 0 bridgehead atoms. The third-order valence-electron chi connectivity index (χ3n) is 6.23. The van der Waals surface area contributed by atoms with Crippen LogP contribution in [0.4, 0.5) is 0 Å². The molecule has 0 unspecified atom stereocenters. The number of benzene rings is 1. The molecule has 0 aromatic heterocycles. The molecular formula is C22H35N3O4. The minimum atomic E-state index is -1.15. The van der Waals surface area contributed by atoms with Crippen LogP contribution in [0.1, 0.15) is 18.4 Å². The number of β-amino-alcohol motifs (C(OH)–C–C–N with tert-alkyl or cyclic N) is 2. The van der Waals surface area contributed by atoms with Crippen molar-refractivity contribution in [1.82, 2.24) is 14.7 Å². The third kappa shape index (κ3) is 6.23. The van der Waals surface area contributed by atoms with E-state index in [2.05, 4.69) is 9.80 Å². The summed E-state index contributed by atoms with van der Waals surface area (Å²) >= 11 is 0. The summed E-state index contributed by atoms with van der Waals surface area (Å²) in [6.07, 6.45) is 0.626. The van der Waals surface area contributed by atoms with Crippen molar-refractivity contribution in [2.75, 3.05) is 66.1 Å². The van der Waals surface area contributed by atoms with Gasteiger partial charge in [-0.1, -0.05) is 30.3 Å². The van der Waals surface area contributed by atoms with Crippen LogP contribution in [0, 0.1) is 0 Å². The van der Waals surface area contributed by atoms with Crippen molar-refractivity contribution in [3.8, 4) is 0 Å². The van der Waals surface area contributed by atoms with Crippen molar-refractivity contribution in [2.24, 2.45) is 0 Å². The molecule has 2 heterocycles. The number of nitrogens with zero attached hydrogens (tertiary/aromatic N) is 3. The van der Waals surface area contributed by atoms with E-state index in [1.807, 2.05) is 30.3 Å². The fourth-order valence-electron chi connectivity index (χ4n) is 4.21. The molecular weight excluding hydrogens is 370 g/mol. The van der Waals surface area contributed by atoms with Crippen LogP contribution in [0.5, 0.6) is 0 Å². The lowest BCUT2D eigenvalue weighted by atomic mass is 9.87. The van der Waals surface area contributed by atoms with Crippen molar-refractivity contribution in [3.63, 3.8) is 0 Å². The summed E-state index contributed by atoms with van der Waals surface area (Å²) in [5.41, 5.74) is -0.00943. The van der Waals surface area contributed by atoms with Crippen LogP contribution >= 0.6 is 0 Å². The molecule has 0 spiro atoms. The van der Waals surface area contributed by atoms with Gasteiger partial charge in [-0.25, -0.2) is 0 Å². The number of hydrogen-bond donors (Lipinski definition) is 2. The van der Waals surface area contributed by atoms with Gasteiger partial charge in [0, 0.05) is 65.9 Å². The molecule has 2 saturated heterocycles. The highest BCUT2D eigenvalue weighted by atomic mass is 16.5. The molecule has 0 aliphatic carbocycles. The van der Waals surface area contributed by atoms with Crippen LogP contribution in [0.15, 0.2) is 30.3 Å². The average Bonchev–Trinajstić information content (AvgIpc) is 2.74. The Morgan fingerprint density at radius 1 is 1.14 bits per heavy atom. The van der Waals surface area contributed by atoms with Crippen LogP contribution < -0.4 is 0 Å². The number of hydrogen-bond acceptors (Lipinski definition) is 6. The Hall–Kier alpha value is -1.51. The molecule has 2 aliphatic heterocycles. The molecule has 0 saturated carbocycles. The van der Waals surface area contributed by atoms with Crippen LogP contribution in [0.3, 0.4) is 0 Å². The number of ether oxygens (including phenoxy) is 1. The minimum absolute atomic E-state index is 0.0433. The lowest BCUT2D eigenvalue weighted by Crippen LogP contribution is -2.62. The van der Waals surface area contributed by atoms with Crippen molar-refractivity contribution in [2.45, 2.75) is 31.0 Å². The molecule has 1 aromatic rings. The van der Waals surface area contributed by atoms with Gasteiger partial charge in [-0.2, -0.15) is 0 Å². The van der Waals surface area contributed by atoms with Gasteiger partial charge >= 0.3 is 0 Å². The minimum Gasteiger partial charge on any atom is -0.388 e. The highest BCUT2D eigenvalue weighted by molar-refractivity contribution is 5.76. The van der Waals surface area contributed by atoms with Gasteiger partial charge in [-0.15, -0.1) is 0 Å². The van der Waals surface area contributed by atoms with Gasteiger partial charge in [0.1, 0.15) is 11.7 Å². The van der Waals surface area contributed by atoms with E-state index in [0.717, 1.165) is 44.9 Å². The van der Waals surface area contributed by atoms with Crippen molar-refractivity contribution in [1.29, 1.82) is 0 Å². The second kappa shape index (κ2) is 10.5. The Morgan fingerprint density at radius 2 is 1.83 bits per heavy atom. The number of carbonyl (C=O) groups is 1. The second-order valence-electron chi connectivity index (χ2n) is 8.31. The lowest BCUT2D eigenvalue weighted by Gasteiger charge is -2.45. The fraction of sp³-hybridized carbons (Fsp3) is 0.682. The fourth-order valence-corrected chi connectivity index (χ4v) is 4.21. The first kappa shape index (κ1) is 22.2. The van der Waals surface area contributed by atoms with Gasteiger partial charge < -0.3 is 19.8 Å². The number of amides is 1. The van der Waals surface area contributed by atoms with E-state index in [1.54, 1.807) is 12.0 Å². The summed E-state index contributed by atoms with van der Waals surface area (Å²) < 4.78 is 5.13. The summed E-state index contributed by atoms with van der Waals surface area (Å²) in [7, 11) is 1.71. The summed E-state index contributed by atoms with van der Waals surface area (Å²) in [4.78, 5) is 18.8. The zero-order chi connectivity index (χ0) is 20.7. The van der Waals surface area contributed by atoms with Crippen LogP contribution in [0.2, 0.25) is 0 Å². The maximum Gasteiger partial charge on any atom is 0.222 e. The summed E-state index contributed by atoms with van der Waals surface area (Å²) in [6, 6.07) is 9.95. The van der Waals surface area contributed by atoms with Crippen molar-refractivity contribution < 1.29 is 19.7 Å². The van der Waals surface area contributed by atoms with E-state index in [0.29, 0.717) is 32.4 Å². The van der Waals surface area contributed by atoms with Gasteiger partial charge in [0.05, 0.1) is 6.61 Å². The normalized spacial score (nSPS) is 26.6. The lowest BCUT2D eigenvalue weighted by molar-refractivity contribution is -0.154. The molecule has 2 aliphatic rings. The predicted molar refractivity (Wildman–Crippen MR) is 112 cm³/mol. The van der Waals surface area contributed by atoms with Gasteiger partial charge in [0.2, 0.25) is 5.91 Å². The second-order valence-corrected chi connectivity index (χ2v) is 8.31. The zero-order valence-corrected chi connectivity index (χ0v) is 17.5. The molecule has 29 heavy (non-hydrogen) atoms. The highest BCUT2D eigenvalue weighted by Gasteiger charge is 2.43. The SMILES string of the molecule is COCCN1CCN(C[C@@]2(O)CCN(C(=O)CCc3ccccc3)C[C@@H]2O)CC1. The number of aryl methyl sites for hydroxylation is 1. The molecule has 3 rings (SSSR count). The van der Waals surface area contributed by atoms with Crippen LogP contribution in [-0.4, -0.2) is 109 Å². The quantitative estimate of drug-likeness (QED) is 0.644. The van der Waals surface area contributed by atoms with E-state index < -0.39 is 11.7 Å². The summed E-state index contributed by atoms with van der Waals surface area (Å²) in [5.74, 6) is 0.0433. The van der Waals surface area contributed by atoms with Crippen molar-refractivity contribution in [3.05, 3.63) is 35.9 Å². The Labute approximate surface area is 173 Å². The van der Waals surface area contributed by atoms with Crippen LogP contribution in [0.25, 0.3) is 0 Å². The number of rotatable bonds is 8. The molecule has 2 atom stereocenters. The molecule has 162 valence electrons. The molecule has 7 heteroatoms. The van der Waals surface area contributed by atoms with Crippen molar-refractivity contribution >= 4 is 5.91 Å². The standard InChI is InChI=1S/C22H35N3O4/c1-29-16-15-23-11-13-24(14-12-23)18-22(28)9-10-25(17-20(22)26)21(27)8-7-19-5-3-2-4-6-19/h2-6,20,26,28H,7-18H2,1H3/t20-,22-/m0/s1.